The predicted molar refractivity (Wildman–Crippen MR) is 438 cm³/mol. The third-order valence-corrected chi connectivity index (χ3v) is 20.0. The second-order valence-corrected chi connectivity index (χ2v) is 33.5. The third kappa shape index (κ3) is 60.1. The lowest BCUT2D eigenvalue weighted by Gasteiger charge is -2.27. The van der Waals surface area contributed by atoms with Crippen LogP contribution < -0.4 is 0 Å². The maximum atomic E-state index is 11.9. The monoisotopic (exact) mass is 1520 g/mol. The molecule has 0 amide bonds. The maximum Gasteiger partial charge on any atom is 0.311 e. The summed E-state index contributed by atoms with van der Waals surface area (Å²) in [7, 11) is 2.83. The van der Waals surface area contributed by atoms with Crippen molar-refractivity contribution >= 4 is 53.7 Å². The number of carbonyl (C=O) groups excluding carboxylic acids is 9. The molecule has 18 heteroatoms. The van der Waals surface area contributed by atoms with Crippen LogP contribution in [0.3, 0.4) is 0 Å². The molecular weight excluding hydrogens is 1340 g/mol. The molecule has 1 fully saturated rings. The zero-order valence-corrected chi connectivity index (χ0v) is 76.4. The van der Waals surface area contributed by atoms with Crippen molar-refractivity contribution < 1.29 is 85.8 Å². The minimum absolute atomic E-state index is 0.00618. The Morgan fingerprint density at radius 3 is 0.953 bits per heavy atom. The van der Waals surface area contributed by atoms with Crippen molar-refractivity contribution in [3.8, 4) is 0 Å². The van der Waals surface area contributed by atoms with Crippen molar-refractivity contribution in [1.29, 1.82) is 0 Å². The molecule has 0 spiro atoms. The van der Waals surface area contributed by atoms with E-state index in [1.807, 2.05) is 228 Å². The number of rotatable bonds is 36. The van der Waals surface area contributed by atoms with Crippen molar-refractivity contribution in [2.75, 3.05) is 27.4 Å². The molecule has 4 unspecified atom stereocenters. The number of hydrogen-bond acceptors (Lipinski definition) is 18. The molecule has 0 aromatic carbocycles. The Hall–Kier alpha value is -4.77. The van der Waals surface area contributed by atoms with E-state index < -0.39 is 0 Å². The zero-order chi connectivity index (χ0) is 85.1. The van der Waals surface area contributed by atoms with E-state index >= 15 is 0 Å². The lowest BCUT2D eigenvalue weighted by Crippen LogP contribution is -2.31. The predicted octanol–water partition coefficient (Wildman–Crippen LogP) is 23.9. The average molecular weight is 1520 g/mol. The molecule has 0 saturated heterocycles. The first-order chi connectivity index (χ1) is 48.6. The fourth-order valence-corrected chi connectivity index (χ4v) is 7.17. The van der Waals surface area contributed by atoms with Crippen molar-refractivity contribution in [2.45, 2.75) is 440 Å². The summed E-state index contributed by atoms with van der Waals surface area (Å²) in [5, 5.41) is 0. The van der Waals surface area contributed by atoms with Crippen molar-refractivity contribution in [3.05, 3.63) is 0 Å². The maximum absolute atomic E-state index is 11.9. The van der Waals surface area contributed by atoms with Gasteiger partial charge in [0.2, 0.25) is 0 Å². The SMILES string of the molecule is CCC(C)(C)C(=O)OC.CCC(C)(C)C(=O)OC(C)C.CCC(C)(C)C(=O)OC1CCCCC1.CCC(C)C(=O)OC.CCC(C)OC(=O)C(C)(C)CC.CCCCCC(C)OC(=O)C(C)(C)CC.CCCCCC(CC)OC(=O)C(C)(C)CC.CCCOC(=O)C(C)(C)CC.CCOC(=O)C(C)(C)CC. The summed E-state index contributed by atoms with van der Waals surface area (Å²) < 4.78 is 45.7. The van der Waals surface area contributed by atoms with Crippen molar-refractivity contribution in [3.63, 3.8) is 0 Å². The molecule has 0 N–H and O–H groups in total. The molecule has 1 rings (SSSR count). The highest BCUT2D eigenvalue weighted by atomic mass is 16.6. The summed E-state index contributed by atoms with van der Waals surface area (Å²) in [6.07, 6.45) is 25.6. The summed E-state index contributed by atoms with van der Waals surface area (Å²) in [5.41, 5.74) is -2.57. The van der Waals surface area contributed by atoms with Gasteiger partial charge >= 0.3 is 53.7 Å². The highest BCUT2D eigenvalue weighted by Crippen LogP contribution is 2.30. The van der Waals surface area contributed by atoms with Gasteiger partial charge < -0.3 is 42.6 Å². The molecule has 0 aromatic rings. The first-order valence-corrected chi connectivity index (χ1v) is 41.2. The number of esters is 9. The van der Waals surface area contributed by atoms with Gasteiger partial charge in [0.25, 0.3) is 0 Å². The summed E-state index contributed by atoms with van der Waals surface area (Å²) in [4.78, 5) is 102. The number of ether oxygens (including phenoxy) is 9. The Labute approximate surface area is 653 Å². The molecule has 1 aliphatic rings. The highest BCUT2D eigenvalue weighted by Gasteiger charge is 2.34. The van der Waals surface area contributed by atoms with E-state index in [1.54, 1.807) is 0 Å². The Bertz CT molecular complexity index is 2270. The molecule has 0 aliphatic heterocycles. The second-order valence-electron chi connectivity index (χ2n) is 33.5. The van der Waals surface area contributed by atoms with Gasteiger partial charge in [0.05, 0.1) is 95.0 Å². The van der Waals surface area contributed by atoms with Crippen LogP contribution in [0.1, 0.15) is 410 Å². The van der Waals surface area contributed by atoms with Gasteiger partial charge in [0, 0.05) is 0 Å². The summed E-state index contributed by atoms with van der Waals surface area (Å²) >= 11 is 0. The molecular formula is C88H174O18. The summed E-state index contributed by atoms with van der Waals surface area (Å²) in [5.74, 6) is -0.689. The van der Waals surface area contributed by atoms with E-state index in [-0.39, 0.29) is 133 Å². The molecule has 18 nitrogen and oxygen atoms in total. The Morgan fingerprint density at radius 1 is 0.330 bits per heavy atom. The molecule has 4 atom stereocenters. The van der Waals surface area contributed by atoms with Gasteiger partial charge in [-0.3, -0.25) is 43.2 Å². The van der Waals surface area contributed by atoms with Gasteiger partial charge in [-0.1, -0.05) is 136 Å². The van der Waals surface area contributed by atoms with Crippen LogP contribution in [0, 0.1) is 49.2 Å². The Morgan fingerprint density at radius 2 is 0.660 bits per heavy atom. The quantitative estimate of drug-likeness (QED) is 0.0322. The van der Waals surface area contributed by atoms with Crippen LogP contribution >= 0.6 is 0 Å². The van der Waals surface area contributed by atoms with Crippen LogP contribution in [0.2, 0.25) is 0 Å². The molecule has 0 aromatic heterocycles. The molecule has 0 bridgehead atoms. The van der Waals surface area contributed by atoms with Crippen LogP contribution in [0.4, 0.5) is 0 Å². The number of carbonyl (C=O) groups is 9. The second kappa shape index (κ2) is 63.9. The standard InChI is InChI=1S/C14H28O2.C13H26O2.C12H22O2.C10H20O2.2C9H18O2.C8H16O2.C7H14O2.C6H12O2/c1-6-9-10-11-12(7-2)16-13(15)14(4,5)8-3;1-6-8-9-10-11(3)15-12(14)13(4,5)7-2;1-4-12(2,3)11(13)14-10-8-6-5-7-9-10;1-6-8(3)12-9(11)10(4,5)7-2;1-6-9(4,5)8(10)11-7(2)3;1-5-7-11-8(10)9(3,4)6-2;1-5-8(3,4)7(9)10-6-2;1-5-7(2,3)6(8)9-4;1-4-5(2)6(7)8-3/h12H,6-11H2,1-5H3;11H,6-10H2,1-5H3;10H,4-9H2,1-3H3;8H,6-7H2,1-5H3;7H,6H2,1-5H3;5-7H2,1-4H3;5-6H2,1-4H3;5H2,1-4H3;5H,4H2,1-3H3. The molecule has 634 valence electrons. The van der Waals surface area contributed by atoms with E-state index in [2.05, 4.69) is 30.2 Å². The van der Waals surface area contributed by atoms with Gasteiger partial charge in [-0.25, -0.2) is 0 Å². The average Bonchev–Trinajstić information content (AvgIpc) is 0.927. The molecule has 0 radical (unpaired) electrons. The first kappa shape index (κ1) is 117. The largest absolute Gasteiger partial charge is 0.469 e. The van der Waals surface area contributed by atoms with Crippen LogP contribution in [0.5, 0.6) is 0 Å². The van der Waals surface area contributed by atoms with E-state index in [9.17, 15) is 43.2 Å². The van der Waals surface area contributed by atoms with Gasteiger partial charge in [0.15, 0.2) is 0 Å². The zero-order valence-electron chi connectivity index (χ0n) is 76.4. The van der Waals surface area contributed by atoms with E-state index in [1.165, 1.54) is 59.2 Å². The normalized spacial score (nSPS) is 13.5. The summed E-state index contributed by atoms with van der Waals surface area (Å²) in [6.45, 7) is 71.4. The molecule has 0 heterocycles. The topological polar surface area (TPSA) is 237 Å². The third-order valence-electron chi connectivity index (χ3n) is 20.0. The number of unbranched alkanes of at least 4 members (excludes halogenated alkanes) is 4. The van der Waals surface area contributed by atoms with Crippen LogP contribution in [0.25, 0.3) is 0 Å². The lowest BCUT2D eigenvalue weighted by atomic mass is 9.90. The lowest BCUT2D eigenvalue weighted by molar-refractivity contribution is -0.161. The van der Waals surface area contributed by atoms with E-state index in [0.29, 0.717) is 13.2 Å². The fourth-order valence-electron chi connectivity index (χ4n) is 7.17. The Kier molecular flexibility index (Phi) is 70.6. The number of methoxy groups -OCH3 is 2. The smallest absolute Gasteiger partial charge is 0.311 e. The minimum Gasteiger partial charge on any atom is -0.469 e. The molecule has 106 heavy (non-hydrogen) atoms. The van der Waals surface area contributed by atoms with Gasteiger partial charge in [-0.2, -0.15) is 0 Å². The van der Waals surface area contributed by atoms with Crippen LogP contribution in [0.15, 0.2) is 0 Å². The van der Waals surface area contributed by atoms with Gasteiger partial charge in [-0.15, -0.1) is 0 Å². The van der Waals surface area contributed by atoms with Gasteiger partial charge in [-0.05, 0) is 274 Å². The van der Waals surface area contributed by atoms with E-state index in [0.717, 1.165) is 116 Å². The van der Waals surface area contributed by atoms with E-state index in [4.69, 9.17) is 33.2 Å². The van der Waals surface area contributed by atoms with Crippen molar-refractivity contribution in [1.82, 2.24) is 0 Å². The van der Waals surface area contributed by atoms with Crippen LogP contribution in [-0.2, 0) is 85.8 Å². The minimum atomic E-state index is -0.335. The van der Waals surface area contributed by atoms with Crippen LogP contribution in [-0.4, -0.2) is 112 Å². The highest BCUT2D eigenvalue weighted by molar-refractivity contribution is 5.79. The van der Waals surface area contributed by atoms with Crippen molar-refractivity contribution in [2.24, 2.45) is 49.2 Å². The fraction of sp³-hybridized carbons (Fsp3) is 0.898. The van der Waals surface area contributed by atoms with Gasteiger partial charge in [0.1, 0.15) is 12.2 Å². The first-order valence-electron chi connectivity index (χ1n) is 41.2. The molecule has 1 aliphatic carbocycles. The number of hydrogen-bond donors (Lipinski definition) is 0. The molecule has 1 saturated carbocycles. The summed E-state index contributed by atoms with van der Waals surface area (Å²) in [6, 6.07) is 0. The Balaban J connectivity index is -0.000000171.